The zero-order valence-electron chi connectivity index (χ0n) is 8.75. The van der Waals surface area contributed by atoms with E-state index >= 15 is 0 Å². The largest absolute Gasteiger partial charge is 0.478 e. The van der Waals surface area contributed by atoms with Crippen LogP contribution in [0.2, 0.25) is 5.02 Å². The van der Waals surface area contributed by atoms with E-state index in [9.17, 15) is 4.79 Å². The number of carboxylic acids is 1. The molecule has 0 radical (unpaired) electrons. The van der Waals surface area contributed by atoms with E-state index in [0.717, 1.165) is 17.3 Å². The Hall–Kier alpha value is -2.07. The first-order valence-corrected chi connectivity index (χ1v) is 5.23. The minimum Gasteiger partial charge on any atom is -0.478 e. The summed E-state index contributed by atoms with van der Waals surface area (Å²) in [6.45, 7) is 0. The molecule has 1 N–H and O–H groups in total. The lowest BCUT2D eigenvalue weighted by Gasteiger charge is -2.07. The van der Waals surface area contributed by atoms with E-state index in [4.69, 9.17) is 16.7 Å². The van der Waals surface area contributed by atoms with Crippen molar-refractivity contribution in [1.82, 2.24) is 9.55 Å². The smallest absolute Gasteiger partial charge is 0.328 e. The highest BCUT2D eigenvalue weighted by Crippen LogP contribution is 2.20. The predicted octanol–water partition coefficient (Wildman–Crippen LogP) is 2.62. The zero-order chi connectivity index (χ0) is 12.3. The van der Waals surface area contributed by atoms with Crippen LogP contribution in [-0.4, -0.2) is 20.6 Å². The van der Waals surface area contributed by atoms with Crippen LogP contribution in [0, 0.1) is 0 Å². The van der Waals surface area contributed by atoms with Crippen LogP contribution < -0.4 is 0 Å². The highest BCUT2D eigenvalue weighted by molar-refractivity contribution is 6.30. The van der Waals surface area contributed by atoms with Gasteiger partial charge in [-0.15, -0.1) is 0 Å². The molecule has 0 amide bonds. The molecule has 0 bridgehead atoms. The van der Waals surface area contributed by atoms with E-state index in [0.29, 0.717) is 5.02 Å². The predicted molar refractivity (Wildman–Crippen MR) is 65.2 cm³/mol. The quantitative estimate of drug-likeness (QED) is 0.850. The fourth-order valence-electron chi connectivity index (χ4n) is 1.46. The summed E-state index contributed by atoms with van der Waals surface area (Å²) in [4.78, 5) is 14.5. The number of benzene rings is 1. The molecule has 0 saturated carbocycles. The summed E-state index contributed by atoms with van der Waals surface area (Å²) in [6, 6.07) is 5.26. The van der Waals surface area contributed by atoms with Gasteiger partial charge in [0.15, 0.2) is 0 Å². The molecular formula is C12H9ClN2O2. The lowest BCUT2D eigenvalue weighted by Crippen LogP contribution is -1.94. The van der Waals surface area contributed by atoms with Gasteiger partial charge in [-0.25, -0.2) is 9.78 Å². The molecule has 17 heavy (non-hydrogen) atoms. The van der Waals surface area contributed by atoms with E-state index in [1.807, 2.05) is 6.07 Å². The third-order valence-corrected chi connectivity index (χ3v) is 2.41. The van der Waals surface area contributed by atoms with Crippen LogP contribution in [0.1, 0.15) is 5.56 Å². The molecule has 4 nitrogen and oxygen atoms in total. The van der Waals surface area contributed by atoms with Crippen LogP contribution in [-0.2, 0) is 4.79 Å². The van der Waals surface area contributed by atoms with Gasteiger partial charge in [0.2, 0.25) is 0 Å². The Morgan fingerprint density at radius 2 is 2.29 bits per heavy atom. The van der Waals surface area contributed by atoms with Gasteiger partial charge < -0.3 is 9.67 Å². The molecule has 0 atom stereocenters. The maximum atomic E-state index is 10.5. The lowest BCUT2D eigenvalue weighted by molar-refractivity contribution is -0.131. The SMILES string of the molecule is O=C(O)/C=C/c1cc(Cl)ccc1-n1ccnc1. The van der Waals surface area contributed by atoms with Gasteiger partial charge in [0.1, 0.15) is 0 Å². The molecule has 0 fully saturated rings. The first-order valence-electron chi connectivity index (χ1n) is 4.86. The number of nitrogens with zero attached hydrogens (tertiary/aromatic N) is 2. The number of rotatable bonds is 3. The van der Waals surface area contributed by atoms with Gasteiger partial charge in [-0.1, -0.05) is 11.6 Å². The Bertz CT molecular complexity index is 562. The van der Waals surface area contributed by atoms with Crippen LogP contribution in [0.15, 0.2) is 43.0 Å². The van der Waals surface area contributed by atoms with Crippen LogP contribution in [0.4, 0.5) is 0 Å². The summed E-state index contributed by atoms with van der Waals surface area (Å²) in [6.07, 6.45) is 7.65. The minimum atomic E-state index is -0.999. The topological polar surface area (TPSA) is 55.1 Å². The average molecular weight is 249 g/mol. The van der Waals surface area contributed by atoms with Crippen LogP contribution >= 0.6 is 11.6 Å². The summed E-state index contributed by atoms with van der Waals surface area (Å²) in [5.74, 6) is -0.999. The van der Waals surface area contributed by atoms with Gasteiger partial charge in [-0.05, 0) is 24.3 Å². The van der Waals surface area contributed by atoms with Gasteiger partial charge in [0, 0.05) is 29.1 Å². The highest BCUT2D eigenvalue weighted by Gasteiger charge is 2.03. The molecule has 1 aromatic heterocycles. The summed E-state index contributed by atoms with van der Waals surface area (Å²) in [5, 5.41) is 9.18. The van der Waals surface area contributed by atoms with Crippen molar-refractivity contribution in [2.24, 2.45) is 0 Å². The Kier molecular flexibility index (Phi) is 3.25. The average Bonchev–Trinajstić information content (AvgIpc) is 2.80. The number of halogens is 1. The third kappa shape index (κ3) is 2.73. The van der Waals surface area contributed by atoms with Crippen molar-refractivity contribution < 1.29 is 9.90 Å². The summed E-state index contributed by atoms with van der Waals surface area (Å²) in [5.41, 5.74) is 1.54. The van der Waals surface area contributed by atoms with Crippen LogP contribution in [0.25, 0.3) is 11.8 Å². The number of hydrogen-bond acceptors (Lipinski definition) is 2. The Morgan fingerprint density at radius 3 is 2.94 bits per heavy atom. The lowest BCUT2D eigenvalue weighted by atomic mass is 10.1. The fraction of sp³-hybridized carbons (Fsp3) is 0. The first-order chi connectivity index (χ1) is 8.16. The molecule has 1 heterocycles. The summed E-state index contributed by atoms with van der Waals surface area (Å²) in [7, 11) is 0. The minimum absolute atomic E-state index is 0.555. The van der Waals surface area contributed by atoms with Gasteiger partial charge in [-0.3, -0.25) is 0 Å². The molecule has 0 aliphatic heterocycles. The van der Waals surface area contributed by atoms with E-state index in [2.05, 4.69) is 4.98 Å². The van der Waals surface area contributed by atoms with Crippen molar-refractivity contribution in [2.45, 2.75) is 0 Å². The van der Waals surface area contributed by atoms with Crippen molar-refractivity contribution in [2.75, 3.05) is 0 Å². The molecule has 0 unspecified atom stereocenters. The number of aromatic nitrogens is 2. The Morgan fingerprint density at radius 1 is 1.47 bits per heavy atom. The molecule has 0 saturated heterocycles. The monoisotopic (exact) mass is 248 g/mol. The molecule has 5 heteroatoms. The molecule has 0 aliphatic rings. The van der Waals surface area contributed by atoms with Gasteiger partial charge in [0.05, 0.1) is 12.0 Å². The molecule has 2 rings (SSSR count). The number of aliphatic carboxylic acids is 1. The Balaban J connectivity index is 2.48. The fourth-order valence-corrected chi connectivity index (χ4v) is 1.64. The van der Waals surface area contributed by atoms with E-state index in [1.165, 1.54) is 6.08 Å². The van der Waals surface area contributed by atoms with Gasteiger partial charge >= 0.3 is 5.97 Å². The number of carbonyl (C=O) groups is 1. The van der Waals surface area contributed by atoms with E-state index in [-0.39, 0.29) is 0 Å². The second-order valence-electron chi connectivity index (χ2n) is 3.34. The Labute approximate surface area is 103 Å². The molecule has 0 aliphatic carbocycles. The highest BCUT2D eigenvalue weighted by atomic mass is 35.5. The zero-order valence-corrected chi connectivity index (χ0v) is 9.50. The van der Waals surface area contributed by atoms with Crippen molar-refractivity contribution in [3.63, 3.8) is 0 Å². The molecule has 1 aromatic carbocycles. The van der Waals surface area contributed by atoms with E-state index in [1.54, 1.807) is 35.4 Å². The maximum Gasteiger partial charge on any atom is 0.328 e. The molecular weight excluding hydrogens is 240 g/mol. The normalized spacial score (nSPS) is 10.9. The third-order valence-electron chi connectivity index (χ3n) is 2.18. The number of hydrogen-bond donors (Lipinski definition) is 1. The number of carboxylic acid groups (broad SMARTS) is 1. The van der Waals surface area contributed by atoms with Crippen molar-refractivity contribution in [3.8, 4) is 5.69 Å². The van der Waals surface area contributed by atoms with Crippen molar-refractivity contribution in [1.29, 1.82) is 0 Å². The molecule has 86 valence electrons. The summed E-state index contributed by atoms with van der Waals surface area (Å²) >= 11 is 5.89. The molecule has 2 aromatic rings. The van der Waals surface area contributed by atoms with Gasteiger partial charge in [-0.2, -0.15) is 0 Å². The maximum absolute atomic E-state index is 10.5. The standard InChI is InChI=1S/C12H9ClN2O2/c13-10-2-3-11(15-6-5-14-8-15)9(7-10)1-4-12(16)17/h1-8H,(H,16,17)/b4-1+. The second kappa shape index (κ2) is 4.84. The first kappa shape index (κ1) is 11.4. The van der Waals surface area contributed by atoms with Gasteiger partial charge in [0.25, 0.3) is 0 Å². The van der Waals surface area contributed by atoms with Crippen molar-refractivity contribution >= 4 is 23.6 Å². The second-order valence-corrected chi connectivity index (χ2v) is 3.78. The van der Waals surface area contributed by atoms with Crippen molar-refractivity contribution in [3.05, 3.63) is 53.6 Å². The summed E-state index contributed by atoms with van der Waals surface area (Å²) < 4.78 is 1.79. The van der Waals surface area contributed by atoms with Crippen LogP contribution in [0.3, 0.4) is 0 Å². The number of imidazole rings is 1. The van der Waals surface area contributed by atoms with E-state index < -0.39 is 5.97 Å². The molecule has 0 spiro atoms. The van der Waals surface area contributed by atoms with Crippen LogP contribution in [0.5, 0.6) is 0 Å².